The van der Waals surface area contributed by atoms with Gasteiger partial charge in [-0.25, -0.2) is 4.79 Å². The highest BCUT2D eigenvalue weighted by atomic mass is 16.5. The van der Waals surface area contributed by atoms with Crippen LogP contribution in [0.2, 0.25) is 0 Å². The van der Waals surface area contributed by atoms with E-state index in [0.29, 0.717) is 13.2 Å². The Morgan fingerprint density at radius 1 is 1.55 bits per heavy atom. The van der Waals surface area contributed by atoms with Crippen LogP contribution in [0.25, 0.3) is 0 Å². The average molecular weight is 306 g/mol. The number of ether oxygens (including phenoxy) is 1. The number of nitrogens with one attached hydrogen (secondary N) is 2. The first-order valence-corrected chi connectivity index (χ1v) is 8.27. The molecule has 1 aromatic rings. The van der Waals surface area contributed by atoms with Crippen LogP contribution < -0.4 is 5.32 Å². The molecule has 1 aliphatic heterocycles. The van der Waals surface area contributed by atoms with Gasteiger partial charge in [0.05, 0.1) is 24.4 Å². The molecule has 0 radical (unpaired) electrons. The van der Waals surface area contributed by atoms with Gasteiger partial charge in [0.15, 0.2) is 0 Å². The van der Waals surface area contributed by atoms with E-state index < -0.39 is 0 Å². The predicted octanol–water partition coefficient (Wildman–Crippen LogP) is 2.00. The van der Waals surface area contributed by atoms with Crippen LogP contribution in [0.3, 0.4) is 0 Å². The zero-order chi connectivity index (χ0) is 15.6. The topological polar surface area (TPSA) is 70.2 Å². The number of urea groups is 1. The summed E-state index contributed by atoms with van der Waals surface area (Å²) >= 11 is 0. The molecule has 3 rings (SSSR count). The van der Waals surface area contributed by atoms with E-state index in [1.54, 1.807) is 0 Å². The van der Waals surface area contributed by atoms with Gasteiger partial charge >= 0.3 is 6.03 Å². The van der Waals surface area contributed by atoms with Crippen LogP contribution in [-0.4, -0.2) is 52.5 Å². The molecule has 2 amide bonds. The van der Waals surface area contributed by atoms with Crippen molar-refractivity contribution in [2.75, 3.05) is 19.7 Å². The largest absolute Gasteiger partial charge is 0.371 e. The van der Waals surface area contributed by atoms with Crippen molar-refractivity contribution < 1.29 is 9.53 Å². The van der Waals surface area contributed by atoms with Crippen molar-refractivity contribution >= 4 is 6.03 Å². The fourth-order valence-electron chi connectivity index (χ4n) is 3.59. The molecule has 1 aromatic heterocycles. The molecule has 2 heterocycles. The molecule has 1 spiro atoms. The molecule has 122 valence electrons. The van der Waals surface area contributed by atoms with Crippen molar-refractivity contribution in [2.45, 2.75) is 57.6 Å². The number of H-pyrrole nitrogens is 1. The Morgan fingerprint density at radius 3 is 3.00 bits per heavy atom. The lowest BCUT2D eigenvalue weighted by molar-refractivity contribution is -0.0927. The molecule has 6 nitrogen and oxygen atoms in total. The first-order chi connectivity index (χ1) is 10.6. The number of aryl methyl sites for hydroxylation is 1. The second kappa shape index (κ2) is 6.28. The number of rotatable bonds is 3. The lowest BCUT2D eigenvalue weighted by Gasteiger charge is -2.40. The molecular formula is C16H26N4O2. The molecule has 22 heavy (non-hydrogen) atoms. The van der Waals surface area contributed by atoms with E-state index >= 15 is 0 Å². The minimum Gasteiger partial charge on any atom is -0.371 e. The number of carbonyl (C=O) groups excluding carboxylic acids is 1. The van der Waals surface area contributed by atoms with Gasteiger partial charge in [-0.2, -0.15) is 5.10 Å². The van der Waals surface area contributed by atoms with Crippen LogP contribution in [-0.2, 0) is 11.2 Å². The van der Waals surface area contributed by atoms with E-state index in [4.69, 9.17) is 4.74 Å². The van der Waals surface area contributed by atoms with E-state index in [1.807, 2.05) is 24.8 Å². The fraction of sp³-hybridized carbons (Fsp3) is 0.750. The van der Waals surface area contributed by atoms with Crippen LogP contribution >= 0.6 is 0 Å². The zero-order valence-corrected chi connectivity index (χ0v) is 13.5. The molecule has 1 atom stereocenters. The summed E-state index contributed by atoms with van der Waals surface area (Å²) in [6.45, 7) is 6.07. The number of aromatic amines is 1. The SMILES string of the molecule is Cc1cc(C[C@@H](C)NC(=O)N2CCOC3(CCCC3)C2)n[nH]1. The predicted molar refractivity (Wildman–Crippen MR) is 83.7 cm³/mol. The van der Waals surface area contributed by atoms with Gasteiger partial charge in [0, 0.05) is 24.7 Å². The van der Waals surface area contributed by atoms with Crippen LogP contribution in [0.15, 0.2) is 6.07 Å². The lowest BCUT2D eigenvalue weighted by Crippen LogP contribution is -2.56. The number of amides is 2. The maximum atomic E-state index is 12.5. The molecule has 0 unspecified atom stereocenters. The fourth-order valence-corrected chi connectivity index (χ4v) is 3.59. The number of carbonyl (C=O) groups is 1. The van der Waals surface area contributed by atoms with Gasteiger partial charge in [-0.05, 0) is 32.8 Å². The van der Waals surface area contributed by atoms with E-state index in [0.717, 1.165) is 37.2 Å². The van der Waals surface area contributed by atoms with Crippen LogP contribution in [0.5, 0.6) is 0 Å². The number of morpholine rings is 1. The number of nitrogens with zero attached hydrogens (tertiary/aromatic N) is 2. The Balaban J connectivity index is 1.52. The lowest BCUT2D eigenvalue weighted by atomic mass is 10.00. The van der Waals surface area contributed by atoms with Gasteiger partial charge in [0.1, 0.15) is 0 Å². The second-order valence-corrected chi connectivity index (χ2v) is 6.76. The molecule has 2 N–H and O–H groups in total. The van der Waals surface area contributed by atoms with Crippen molar-refractivity contribution in [3.8, 4) is 0 Å². The van der Waals surface area contributed by atoms with E-state index in [2.05, 4.69) is 15.5 Å². The van der Waals surface area contributed by atoms with Crippen LogP contribution in [0.1, 0.15) is 44.0 Å². The van der Waals surface area contributed by atoms with Gasteiger partial charge in [-0.1, -0.05) is 12.8 Å². The molecule has 0 bridgehead atoms. The van der Waals surface area contributed by atoms with Gasteiger partial charge < -0.3 is 15.0 Å². The Kier molecular flexibility index (Phi) is 4.38. The first-order valence-electron chi connectivity index (χ1n) is 8.27. The molecule has 1 saturated carbocycles. The van der Waals surface area contributed by atoms with E-state index in [1.165, 1.54) is 12.8 Å². The monoisotopic (exact) mass is 306 g/mol. The summed E-state index contributed by atoms with van der Waals surface area (Å²) in [5.41, 5.74) is 1.96. The van der Waals surface area contributed by atoms with Crippen molar-refractivity contribution in [1.29, 1.82) is 0 Å². The summed E-state index contributed by atoms with van der Waals surface area (Å²) < 4.78 is 5.97. The van der Waals surface area contributed by atoms with Crippen molar-refractivity contribution in [2.24, 2.45) is 0 Å². The summed E-state index contributed by atoms with van der Waals surface area (Å²) in [7, 11) is 0. The molecular weight excluding hydrogens is 280 g/mol. The maximum absolute atomic E-state index is 12.5. The van der Waals surface area contributed by atoms with Crippen LogP contribution in [0, 0.1) is 6.92 Å². The van der Waals surface area contributed by atoms with Gasteiger partial charge in [0.25, 0.3) is 0 Å². The summed E-state index contributed by atoms with van der Waals surface area (Å²) in [4.78, 5) is 14.4. The standard InChI is InChI=1S/C16H26N4O2/c1-12(9-14-10-13(2)18-19-14)17-15(21)20-7-8-22-16(11-20)5-3-4-6-16/h10,12H,3-9,11H2,1-2H3,(H,17,21)(H,18,19)/t12-/m1/s1. The summed E-state index contributed by atoms with van der Waals surface area (Å²) in [5.74, 6) is 0. The highest BCUT2D eigenvalue weighted by molar-refractivity contribution is 5.74. The van der Waals surface area contributed by atoms with Crippen molar-refractivity contribution in [3.05, 3.63) is 17.5 Å². The molecule has 6 heteroatoms. The van der Waals surface area contributed by atoms with Crippen molar-refractivity contribution in [3.63, 3.8) is 0 Å². The van der Waals surface area contributed by atoms with E-state index in [-0.39, 0.29) is 17.7 Å². The minimum atomic E-state index is -0.0713. The molecule has 1 aliphatic carbocycles. The Hall–Kier alpha value is -1.56. The summed E-state index contributed by atoms with van der Waals surface area (Å²) in [6, 6.07) is 2.11. The van der Waals surface area contributed by atoms with Gasteiger partial charge in [0.2, 0.25) is 0 Å². The molecule has 1 saturated heterocycles. The Morgan fingerprint density at radius 2 is 2.32 bits per heavy atom. The third-order valence-electron chi connectivity index (χ3n) is 4.69. The van der Waals surface area contributed by atoms with Gasteiger partial charge in [-0.3, -0.25) is 5.10 Å². The maximum Gasteiger partial charge on any atom is 0.317 e. The smallest absolute Gasteiger partial charge is 0.317 e. The number of aromatic nitrogens is 2. The van der Waals surface area contributed by atoms with Crippen molar-refractivity contribution in [1.82, 2.24) is 20.4 Å². The summed E-state index contributed by atoms with van der Waals surface area (Å²) in [6.07, 6.45) is 5.33. The molecule has 2 fully saturated rings. The zero-order valence-electron chi connectivity index (χ0n) is 13.5. The normalized spacial score (nSPS) is 22.0. The van der Waals surface area contributed by atoms with Crippen LogP contribution in [0.4, 0.5) is 4.79 Å². The first kappa shape index (κ1) is 15.3. The Bertz CT molecular complexity index is 522. The van der Waals surface area contributed by atoms with E-state index in [9.17, 15) is 4.79 Å². The minimum absolute atomic E-state index is 0.0225. The third-order valence-corrected chi connectivity index (χ3v) is 4.69. The van der Waals surface area contributed by atoms with Gasteiger partial charge in [-0.15, -0.1) is 0 Å². The summed E-state index contributed by atoms with van der Waals surface area (Å²) in [5, 5.41) is 10.2. The number of hydrogen-bond acceptors (Lipinski definition) is 3. The number of hydrogen-bond donors (Lipinski definition) is 2. The quantitative estimate of drug-likeness (QED) is 0.897. The second-order valence-electron chi connectivity index (χ2n) is 6.76. The molecule has 2 aliphatic rings. The highest BCUT2D eigenvalue weighted by Crippen LogP contribution is 2.35. The highest BCUT2D eigenvalue weighted by Gasteiger charge is 2.40. The third kappa shape index (κ3) is 3.43. The molecule has 0 aromatic carbocycles. The Labute approximate surface area is 131 Å². The average Bonchev–Trinajstić information content (AvgIpc) is 3.08.